The normalized spacial score (nSPS) is 10.8. The maximum Gasteiger partial charge on any atom is 0.120 e. The van der Waals surface area contributed by atoms with E-state index in [0.717, 1.165) is 25.4 Å². The molecule has 0 amide bonds. The molecule has 3 rings (SSSR count). The van der Waals surface area contributed by atoms with E-state index in [2.05, 4.69) is 59.3 Å². The predicted molar refractivity (Wildman–Crippen MR) is 101 cm³/mol. The molecule has 128 valence electrons. The van der Waals surface area contributed by atoms with Gasteiger partial charge in [-0.3, -0.25) is 9.88 Å². The van der Waals surface area contributed by atoms with Crippen LogP contribution in [0, 0.1) is 0 Å². The molecule has 2 aromatic carbocycles. The van der Waals surface area contributed by atoms with Crippen LogP contribution in [-0.4, -0.2) is 16.4 Å². The molecular formula is C22H24N2O. The first kappa shape index (κ1) is 17.2. The number of benzene rings is 2. The Morgan fingerprint density at radius 2 is 1.52 bits per heavy atom. The molecule has 0 aliphatic carbocycles. The first-order valence-electron chi connectivity index (χ1n) is 8.70. The highest BCUT2D eigenvalue weighted by Crippen LogP contribution is 2.17. The Hall–Kier alpha value is -2.65. The van der Waals surface area contributed by atoms with Crippen LogP contribution in [0.1, 0.15) is 23.6 Å². The quantitative estimate of drug-likeness (QED) is 0.599. The predicted octanol–water partition coefficient (Wildman–Crippen LogP) is 4.68. The van der Waals surface area contributed by atoms with Crippen LogP contribution in [0.25, 0.3) is 0 Å². The van der Waals surface area contributed by atoms with E-state index in [-0.39, 0.29) is 0 Å². The Morgan fingerprint density at radius 3 is 2.28 bits per heavy atom. The lowest BCUT2D eigenvalue weighted by Crippen LogP contribution is -2.22. The molecule has 0 aliphatic rings. The number of nitrogens with zero attached hydrogens (tertiary/aromatic N) is 2. The van der Waals surface area contributed by atoms with E-state index in [9.17, 15) is 0 Å². The van der Waals surface area contributed by atoms with Crippen molar-refractivity contribution in [1.82, 2.24) is 9.88 Å². The van der Waals surface area contributed by atoms with Crippen molar-refractivity contribution in [2.24, 2.45) is 0 Å². The third-order valence-electron chi connectivity index (χ3n) is 4.16. The Balaban J connectivity index is 1.60. The second kappa shape index (κ2) is 9.00. The third-order valence-corrected chi connectivity index (χ3v) is 4.16. The van der Waals surface area contributed by atoms with Gasteiger partial charge < -0.3 is 4.74 Å². The lowest BCUT2D eigenvalue weighted by molar-refractivity contribution is 0.269. The molecule has 0 saturated heterocycles. The molecular weight excluding hydrogens is 308 g/mol. The molecule has 0 saturated carbocycles. The maximum atomic E-state index is 5.94. The van der Waals surface area contributed by atoms with Gasteiger partial charge in [-0.25, -0.2) is 0 Å². The van der Waals surface area contributed by atoms with Gasteiger partial charge in [0.25, 0.3) is 0 Å². The summed E-state index contributed by atoms with van der Waals surface area (Å²) in [4.78, 5) is 6.49. The van der Waals surface area contributed by atoms with Crippen molar-refractivity contribution in [3.05, 3.63) is 95.8 Å². The van der Waals surface area contributed by atoms with Crippen LogP contribution >= 0.6 is 0 Å². The summed E-state index contributed by atoms with van der Waals surface area (Å²) >= 11 is 0. The molecule has 0 aliphatic heterocycles. The van der Waals surface area contributed by atoms with E-state index in [4.69, 9.17) is 4.74 Å². The van der Waals surface area contributed by atoms with Crippen molar-refractivity contribution >= 4 is 0 Å². The number of hydrogen-bond donors (Lipinski definition) is 0. The Labute approximate surface area is 149 Å². The zero-order chi connectivity index (χ0) is 17.3. The minimum Gasteiger partial charge on any atom is -0.489 e. The van der Waals surface area contributed by atoms with E-state index < -0.39 is 0 Å². The molecule has 1 heterocycles. The molecule has 1 aromatic heterocycles. The van der Waals surface area contributed by atoms with Gasteiger partial charge in [-0.2, -0.15) is 0 Å². The zero-order valence-electron chi connectivity index (χ0n) is 14.6. The Bertz CT molecular complexity index is 759. The molecule has 0 spiro atoms. The number of ether oxygens (including phenoxy) is 1. The van der Waals surface area contributed by atoms with E-state index in [1.165, 1.54) is 16.7 Å². The SMILES string of the molecule is CCN(Cc1ccncc1)Cc1cccc(OCc2ccccc2)c1. The van der Waals surface area contributed by atoms with Crippen LogP contribution in [0.2, 0.25) is 0 Å². The summed E-state index contributed by atoms with van der Waals surface area (Å²) in [5.74, 6) is 0.918. The van der Waals surface area contributed by atoms with Crippen molar-refractivity contribution in [3.8, 4) is 5.75 Å². The molecule has 3 heteroatoms. The monoisotopic (exact) mass is 332 g/mol. The van der Waals surface area contributed by atoms with Crippen LogP contribution in [0.3, 0.4) is 0 Å². The van der Waals surface area contributed by atoms with Gasteiger partial charge in [0.1, 0.15) is 12.4 Å². The van der Waals surface area contributed by atoms with Gasteiger partial charge in [0.15, 0.2) is 0 Å². The summed E-state index contributed by atoms with van der Waals surface area (Å²) < 4.78 is 5.94. The van der Waals surface area contributed by atoms with Gasteiger partial charge in [-0.05, 0) is 47.5 Å². The van der Waals surface area contributed by atoms with E-state index in [1.807, 2.05) is 36.7 Å². The molecule has 0 N–H and O–H groups in total. The highest BCUT2D eigenvalue weighted by atomic mass is 16.5. The fourth-order valence-corrected chi connectivity index (χ4v) is 2.76. The second-order valence-corrected chi connectivity index (χ2v) is 6.08. The van der Waals surface area contributed by atoms with Crippen LogP contribution in [0.4, 0.5) is 0 Å². The smallest absolute Gasteiger partial charge is 0.120 e. The molecule has 0 radical (unpaired) electrons. The number of hydrogen-bond acceptors (Lipinski definition) is 3. The lowest BCUT2D eigenvalue weighted by atomic mass is 10.1. The minimum atomic E-state index is 0.596. The summed E-state index contributed by atoms with van der Waals surface area (Å²) in [6.07, 6.45) is 3.70. The van der Waals surface area contributed by atoms with Crippen LogP contribution < -0.4 is 4.74 Å². The first-order chi connectivity index (χ1) is 12.3. The van der Waals surface area contributed by atoms with Gasteiger partial charge in [-0.1, -0.05) is 49.4 Å². The zero-order valence-corrected chi connectivity index (χ0v) is 14.6. The van der Waals surface area contributed by atoms with Gasteiger partial charge in [0, 0.05) is 25.5 Å². The summed E-state index contributed by atoms with van der Waals surface area (Å²) in [6, 6.07) is 22.8. The minimum absolute atomic E-state index is 0.596. The average Bonchev–Trinajstić information content (AvgIpc) is 2.68. The lowest BCUT2D eigenvalue weighted by Gasteiger charge is -2.21. The van der Waals surface area contributed by atoms with Gasteiger partial charge >= 0.3 is 0 Å². The third kappa shape index (κ3) is 5.44. The van der Waals surface area contributed by atoms with Crippen LogP contribution in [0.15, 0.2) is 79.1 Å². The molecule has 0 fully saturated rings. The maximum absolute atomic E-state index is 5.94. The van der Waals surface area contributed by atoms with Gasteiger partial charge in [0.2, 0.25) is 0 Å². The number of pyridine rings is 1. The summed E-state index contributed by atoms with van der Waals surface area (Å²) in [5.41, 5.74) is 3.73. The Morgan fingerprint density at radius 1 is 0.800 bits per heavy atom. The molecule has 0 atom stereocenters. The second-order valence-electron chi connectivity index (χ2n) is 6.08. The standard InChI is InChI=1S/C22H24N2O/c1-2-24(16-19-11-13-23-14-12-19)17-21-9-6-10-22(15-21)25-18-20-7-4-3-5-8-20/h3-15H,2,16-18H2,1H3. The Kier molecular flexibility index (Phi) is 6.18. The number of rotatable bonds is 8. The highest BCUT2D eigenvalue weighted by Gasteiger charge is 2.06. The largest absolute Gasteiger partial charge is 0.489 e. The van der Waals surface area contributed by atoms with Crippen molar-refractivity contribution in [2.75, 3.05) is 6.54 Å². The molecule has 0 bridgehead atoms. The first-order valence-corrected chi connectivity index (χ1v) is 8.70. The topological polar surface area (TPSA) is 25.4 Å². The van der Waals surface area contributed by atoms with Crippen molar-refractivity contribution in [2.45, 2.75) is 26.6 Å². The van der Waals surface area contributed by atoms with Crippen molar-refractivity contribution < 1.29 is 4.74 Å². The van der Waals surface area contributed by atoms with E-state index >= 15 is 0 Å². The molecule has 0 unspecified atom stereocenters. The van der Waals surface area contributed by atoms with Crippen molar-refractivity contribution in [3.63, 3.8) is 0 Å². The van der Waals surface area contributed by atoms with Crippen LogP contribution in [0.5, 0.6) is 5.75 Å². The van der Waals surface area contributed by atoms with Crippen molar-refractivity contribution in [1.29, 1.82) is 0 Å². The van der Waals surface area contributed by atoms with Crippen LogP contribution in [-0.2, 0) is 19.7 Å². The van der Waals surface area contributed by atoms with Gasteiger partial charge in [-0.15, -0.1) is 0 Å². The molecule has 3 nitrogen and oxygen atoms in total. The molecule has 3 aromatic rings. The number of aromatic nitrogens is 1. The summed E-state index contributed by atoms with van der Waals surface area (Å²) in [6.45, 7) is 5.61. The highest BCUT2D eigenvalue weighted by molar-refractivity contribution is 5.29. The average molecular weight is 332 g/mol. The molecule has 25 heavy (non-hydrogen) atoms. The summed E-state index contributed by atoms with van der Waals surface area (Å²) in [5, 5.41) is 0. The van der Waals surface area contributed by atoms with E-state index in [0.29, 0.717) is 6.61 Å². The fraction of sp³-hybridized carbons (Fsp3) is 0.227. The summed E-state index contributed by atoms with van der Waals surface area (Å²) in [7, 11) is 0. The van der Waals surface area contributed by atoms with E-state index in [1.54, 1.807) is 0 Å². The fourth-order valence-electron chi connectivity index (χ4n) is 2.76. The van der Waals surface area contributed by atoms with Gasteiger partial charge in [0.05, 0.1) is 0 Å².